The lowest BCUT2D eigenvalue weighted by molar-refractivity contribution is 0.0752. The SMILES string of the molecule is C=CCCC(CCC)NC(CC)(CO)CO. The lowest BCUT2D eigenvalue weighted by Gasteiger charge is -2.34. The van der Waals surface area contributed by atoms with Crippen LogP contribution in [0.25, 0.3) is 0 Å². The van der Waals surface area contributed by atoms with E-state index in [1.807, 2.05) is 13.0 Å². The van der Waals surface area contributed by atoms with Crippen LogP contribution in [0.3, 0.4) is 0 Å². The van der Waals surface area contributed by atoms with Gasteiger partial charge in [0.05, 0.1) is 18.8 Å². The Labute approximate surface area is 99.6 Å². The lowest BCUT2D eigenvalue weighted by atomic mass is 9.94. The first kappa shape index (κ1) is 15.6. The maximum absolute atomic E-state index is 9.38. The molecule has 0 aromatic heterocycles. The standard InChI is InChI=1S/C13H27NO2/c1-4-7-9-12(8-5-2)14-13(6-3,10-15)11-16/h4,12,14-16H,1,5-11H2,2-3H3. The smallest absolute Gasteiger partial charge is 0.0647 e. The second-order valence-electron chi connectivity index (χ2n) is 4.45. The highest BCUT2D eigenvalue weighted by Gasteiger charge is 2.28. The fourth-order valence-electron chi connectivity index (χ4n) is 1.86. The highest BCUT2D eigenvalue weighted by atomic mass is 16.3. The van der Waals surface area contributed by atoms with Crippen molar-refractivity contribution in [2.24, 2.45) is 0 Å². The Morgan fingerprint density at radius 1 is 1.25 bits per heavy atom. The molecule has 16 heavy (non-hydrogen) atoms. The Hall–Kier alpha value is -0.380. The van der Waals surface area contributed by atoms with Crippen LogP contribution in [-0.2, 0) is 0 Å². The van der Waals surface area contributed by atoms with Crippen LogP contribution in [0.4, 0.5) is 0 Å². The number of aliphatic hydroxyl groups is 2. The van der Waals surface area contributed by atoms with E-state index in [1.54, 1.807) is 0 Å². The zero-order valence-electron chi connectivity index (χ0n) is 10.7. The van der Waals surface area contributed by atoms with E-state index in [-0.39, 0.29) is 13.2 Å². The summed E-state index contributed by atoms with van der Waals surface area (Å²) in [6, 6.07) is 0.349. The van der Waals surface area contributed by atoms with E-state index in [4.69, 9.17) is 0 Å². The average Bonchev–Trinajstić information content (AvgIpc) is 2.33. The van der Waals surface area contributed by atoms with Gasteiger partial charge in [-0.05, 0) is 25.7 Å². The average molecular weight is 229 g/mol. The summed E-state index contributed by atoms with van der Waals surface area (Å²) in [6.45, 7) is 7.81. The van der Waals surface area contributed by atoms with Crippen molar-refractivity contribution in [2.45, 2.75) is 57.5 Å². The van der Waals surface area contributed by atoms with Crippen molar-refractivity contribution >= 4 is 0 Å². The second-order valence-corrected chi connectivity index (χ2v) is 4.45. The molecule has 1 atom stereocenters. The first-order chi connectivity index (χ1) is 7.67. The maximum Gasteiger partial charge on any atom is 0.0647 e. The van der Waals surface area contributed by atoms with Crippen LogP contribution in [0.5, 0.6) is 0 Å². The molecule has 0 aliphatic rings. The molecule has 0 spiro atoms. The van der Waals surface area contributed by atoms with Crippen LogP contribution >= 0.6 is 0 Å². The highest BCUT2D eigenvalue weighted by Crippen LogP contribution is 2.14. The maximum atomic E-state index is 9.38. The minimum atomic E-state index is -0.527. The zero-order valence-corrected chi connectivity index (χ0v) is 10.7. The molecule has 0 saturated heterocycles. The Morgan fingerprint density at radius 3 is 2.25 bits per heavy atom. The topological polar surface area (TPSA) is 52.5 Å². The summed E-state index contributed by atoms with van der Waals surface area (Å²) in [5.41, 5.74) is -0.527. The van der Waals surface area contributed by atoms with Crippen LogP contribution in [0.2, 0.25) is 0 Å². The Balaban J connectivity index is 4.36. The summed E-state index contributed by atoms with van der Waals surface area (Å²) in [5.74, 6) is 0. The van der Waals surface area contributed by atoms with Crippen molar-refractivity contribution in [1.82, 2.24) is 5.32 Å². The number of aliphatic hydroxyl groups excluding tert-OH is 2. The van der Waals surface area contributed by atoms with Crippen LogP contribution in [-0.4, -0.2) is 35.0 Å². The largest absolute Gasteiger partial charge is 0.394 e. The van der Waals surface area contributed by atoms with E-state index < -0.39 is 5.54 Å². The summed E-state index contributed by atoms with van der Waals surface area (Å²) in [5, 5.41) is 22.2. The number of hydrogen-bond donors (Lipinski definition) is 3. The van der Waals surface area contributed by atoms with Gasteiger partial charge in [-0.15, -0.1) is 6.58 Å². The molecule has 0 rings (SSSR count). The van der Waals surface area contributed by atoms with Gasteiger partial charge in [-0.25, -0.2) is 0 Å². The van der Waals surface area contributed by atoms with Gasteiger partial charge in [0, 0.05) is 6.04 Å². The van der Waals surface area contributed by atoms with Gasteiger partial charge in [-0.1, -0.05) is 26.3 Å². The summed E-state index contributed by atoms with van der Waals surface area (Å²) >= 11 is 0. The van der Waals surface area contributed by atoms with Gasteiger partial charge in [0.1, 0.15) is 0 Å². The molecule has 0 fully saturated rings. The summed E-state index contributed by atoms with van der Waals surface area (Å²) < 4.78 is 0. The van der Waals surface area contributed by atoms with Crippen molar-refractivity contribution in [1.29, 1.82) is 0 Å². The molecule has 0 saturated carbocycles. The van der Waals surface area contributed by atoms with Crippen LogP contribution in [0.1, 0.15) is 46.0 Å². The summed E-state index contributed by atoms with van der Waals surface area (Å²) in [4.78, 5) is 0. The molecule has 3 N–H and O–H groups in total. The Kier molecular flexibility index (Phi) is 8.53. The van der Waals surface area contributed by atoms with E-state index >= 15 is 0 Å². The molecule has 0 heterocycles. The normalized spacial score (nSPS) is 13.8. The van der Waals surface area contributed by atoms with E-state index in [0.717, 1.165) is 32.1 Å². The highest BCUT2D eigenvalue weighted by molar-refractivity contribution is 4.89. The third kappa shape index (κ3) is 5.10. The molecule has 1 unspecified atom stereocenters. The molecule has 0 aromatic rings. The molecule has 3 nitrogen and oxygen atoms in total. The first-order valence-corrected chi connectivity index (χ1v) is 6.28. The van der Waals surface area contributed by atoms with Gasteiger partial charge in [0.25, 0.3) is 0 Å². The predicted octanol–water partition coefficient (Wildman–Crippen LogP) is 1.84. The quantitative estimate of drug-likeness (QED) is 0.501. The number of rotatable bonds is 10. The van der Waals surface area contributed by atoms with Crippen molar-refractivity contribution < 1.29 is 10.2 Å². The minimum Gasteiger partial charge on any atom is -0.394 e. The molecule has 96 valence electrons. The second kappa shape index (κ2) is 8.74. The van der Waals surface area contributed by atoms with E-state index in [9.17, 15) is 10.2 Å². The van der Waals surface area contributed by atoms with Crippen molar-refractivity contribution in [3.05, 3.63) is 12.7 Å². The molecular weight excluding hydrogens is 202 g/mol. The van der Waals surface area contributed by atoms with Gasteiger partial charge in [-0.2, -0.15) is 0 Å². The molecule has 0 aromatic carbocycles. The number of allylic oxidation sites excluding steroid dienone is 1. The molecule has 3 heteroatoms. The minimum absolute atomic E-state index is 0.0195. The van der Waals surface area contributed by atoms with Crippen LogP contribution < -0.4 is 5.32 Å². The van der Waals surface area contributed by atoms with Gasteiger partial charge in [0.15, 0.2) is 0 Å². The Bertz CT molecular complexity index is 171. The van der Waals surface area contributed by atoms with Gasteiger partial charge in [0.2, 0.25) is 0 Å². The number of nitrogens with one attached hydrogen (secondary N) is 1. The van der Waals surface area contributed by atoms with Gasteiger partial charge in [-0.3, -0.25) is 0 Å². The third-order valence-electron chi connectivity index (χ3n) is 3.15. The first-order valence-electron chi connectivity index (χ1n) is 6.28. The van der Waals surface area contributed by atoms with E-state index in [2.05, 4.69) is 18.8 Å². The molecule has 0 radical (unpaired) electrons. The van der Waals surface area contributed by atoms with Crippen molar-refractivity contribution in [3.8, 4) is 0 Å². The van der Waals surface area contributed by atoms with Gasteiger partial charge < -0.3 is 15.5 Å². The van der Waals surface area contributed by atoms with Crippen molar-refractivity contribution in [2.75, 3.05) is 13.2 Å². The van der Waals surface area contributed by atoms with E-state index in [0.29, 0.717) is 6.04 Å². The van der Waals surface area contributed by atoms with Crippen LogP contribution in [0.15, 0.2) is 12.7 Å². The predicted molar refractivity (Wildman–Crippen MR) is 68.5 cm³/mol. The zero-order chi connectivity index (χ0) is 12.4. The molecular formula is C13H27NO2. The van der Waals surface area contributed by atoms with Crippen LogP contribution in [0, 0.1) is 0 Å². The monoisotopic (exact) mass is 229 g/mol. The third-order valence-corrected chi connectivity index (χ3v) is 3.15. The fourth-order valence-corrected chi connectivity index (χ4v) is 1.86. The van der Waals surface area contributed by atoms with Crippen molar-refractivity contribution in [3.63, 3.8) is 0 Å². The van der Waals surface area contributed by atoms with Gasteiger partial charge >= 0.3 is 0 Å². The van der Waals surface area contributed by atoms with E-state index in [1.165, 1.54) is 0 Å². The molecule has 0 aliphatic carbocycles. The summed E-state index contributed by atoms with van der Waals surface area (Å²) in [6.07, 6.45) is 6.79. The lowest BCUT2D eigenvalue weighted by Crippen LogP contribution is -2.55. The fraction of sp³-hybridized carbons (Fsp3) is 0.846. The molecule has 0 aliphatic heterocycles. The summed E-state index contributed by atoms with van der Waals surface area (Å²) in [7, 11) is 0. The Morgan fingerprint density at radius 2 is 1.88 bits per heavy atom. The number of hydrogen-bond acceptors (Lipinski definition) is 3. The molecule has 0 bridgehead atoms. The molecule has 0 amide bonds.